The summed E-state index contributed by atoms with van der Waals surface area (Å²) < 4.78 is 4.11. The molecule has 1 rings (SSSR count). The Morgan fingerprint density at radius 1 is 0.938 bits per heavy atom. The van der Waals surface area contributed by atoms with Crippen LogP contribution in [0.5, 0.6) is 0 Å². The fraction of sp³-hybridized carbons (Fsp3) is 0.385. The first-order valence-corrected chi connectivity index (χ1v) is 5.08. The Morgan fingerprint density at radius 3 is 1.19 bits per heavy atom. The Bertz CT molecular complexity index is 227. The highest BCUT2D eigenvalue weighted by Crippen LogP contribution is 1.79. The summed E-state index contributed by atoms with van der Waals surface area (Å²) in [6.45, 7) is 4.79. The van der Waals surface area contributed by atoms with E-state index in [-0.39, 0.29) is 11.8 Å². The summed E-state index contributed by atoms with van der Waals surface area (Å²) in [4.78, 5) is 19.4. The summed E-state index contributed by atoms with van der Waals surface area (Å²) in [5.74, 6) is 0.00926. The standard InChI is InChI=1S/C6H6.C4H8O.C3H6O2/c1-2-4-6-5-3-1;1-3-4(2)5;1-3(4)5-2/h1-6H;3H2,1-2H3;1-2H3. The van der Waals surface area contributed by atoms with Crippen LogP contribution in [0.15, 0.2) is 36.4 Å². The maximum atomic E-state index is 9.81. The zero-order valence-corrected chi connectivity index (χ0v) is 10.4. The molecule has 0 fully saturated rings. The number of ether oxygens (including phenoxy) is 1. The highest BCUT2D eigenvalue weighted by Gasteiger charge is 1.77. The van der Waals surface area contributed by atoms with Gasteiger partial charge in [0.25, 0.3) is 0 Å². The van der Waals surface area contributed by atoms with Crippen molar-refractivity contribution >= 4 is 11.8 Å². The minimum Gasteiger partial charge on any atom is -0.469 e. The molecule has 0 N–H and O–H groups in total. The molecule has 0 unspecified atom stereocenters. The third-order valence-electron chi connectivity index (χ3n) is 1.45. The van der Waals surface area contributed by atoms with Crippen molar-refractivity contribution < 1.29 is 14.3 Å². The Morgan fingerprint density at radius 2 is 1.12 bits per heavy atom. The van der Waals surface area contributed by atoms with E-state index >= 15 is 0 Å². The van der Waals surface area contributed by atoms with Gasteiger partial charge in [0.1, 0.15) is 5.78 Å². The van der Waals surface area contributed by atoms with E-state index in [9.17, 15) is 9.59 Å². The number of methoxy groups -OCH3 is 1. The van der Waals surface area contributed by atoms with Gasteiger partial charge >= 0.3 is 5.97 Å². The minimum atomic E-state index is -0.245. The highest BCUT2D eigenvalue weighted by atomic mass is 16.5. The van der Waals surface area contributed by atoms with Gasteiger partial charge in [0.15, 0.2) is 0 Å². The predicted molar refractivity (Wildman–Crippen MR) is 65.1 cm³/mol. The van der Waals surface area contributed by atoms with Crippen molar-refractivity contribution in [1.29, 1.82) is 0 Å². The fourth-order valence-electron chi connectivity index (χ4n) is 0.385. The molecular weight excluding hydrogens is 204 g/mol. The van der Waals surface area contributed by atoms with Crippen molar-refractivity contribution in [1.82, 2.24) is 0 Å². The van der Waals surface area contributed by atoms with E-state index in [2.05, 4.69) is 4.74 Å². The number of hydrogen-bond donors (Lipinski definition) is 0. The van der Waals surface area contributed by atoms with Gasteiger partial charge in [-0.2, -0.15) is 0 Å². The second kappa shape index (κ2) is 13.4. The zero-order chi connectivity index (χ0) is 12.8. The van der Waals surface area contributed by atoms with E-state index in [1.54, 1.807) is 6.92 Å². The molecule has 0 aliphatic heterocycles. The van der Waals surface area contributed by atoms with Gasteiger partial charge in [-0.1, -0.05) is 43.3 Å². The molecule has 0 saturated heterocycles. The van der Waals surface area contributed by atoms with Gasteiger partial charge in [-0.05, 0) is 6.92 Å². The van der Waals surface area contributed by atoms with Gasteiger partial charge in [-0.15, -0.1) is 0 Å². The van der Waals surface area contributed by atoms with Crippen molar-refractivity contribution in [2.45, 2.75) is 27.2 Å². The highest BCUT2D eigenvalue weighted by molar-refractivity contribution is 5.74. The van der Waals surface area contributed by atoms with Crippen molar-refractivity contribution in [2.24, 2.45) is 0 Å². The summed E-state index contributed by atoms with van der Waals surface area (Å²) in [6.07, 6.45) is 0.667. The molecular formula is C13H20O3. The van der Waals surface area contributed by atoms with Gasteiger partial charge in [0.05, 0.1) is 7.11 Å². The van der Waals surface area contributed by atoms with Crippen molar-refractivity contribution in [2.75, 3.05) is 7.11 Å². The zero-order valence-electron chi connectivity index (χ0n) is 10.4. The van der Waals surface area contributed by atoms with Gasteiger partial charge in [0, 0.05) is 13.3 Å². The van der Waals surface area contributed by atoms with Crippen LogP contribution in [-0.2, 0) is 14.3 Å². The van der Waals surface area contributed by atoms with E-state index in [1.165, 1.54) is 14.0 Å². The number of benzene rings is 1. The fourth-order valence-corrected chi connectivity index (χ4v) is 0.385. The number of rotatable bonds is 1. The van der Waals surface area contributed by atoms with E-state index < -0.39 is 0 Å². The molecule has 0 heterocycles. The number of carbonyl (C=O) groups excluding carboxylic acids is 2. The molecule has 0 atom stereocenters. The Balaban J connectivity index is 0. The topological polar surface area (TPSA) is 43.4 Å². The van der Waals surface area contributed by atoms with Crippen LogP contribution >= 0.6 is 0 Å². The average Bonchev–Trinajstić information content (AvgIpc) is 2.32. The second-order valence-corrected chi connectivity index (χ2v) is 2.91. The lowest BCUT2D eigenvalue weighted by molar-refractivity contribution is -0.137. The third kappa shape index (κ3) is 22.8. The van der Waals surface area contributed by atoms with Crippen LogP contribution in [0.2, 0.25) is 0 Å². The Kier molecular flexibility index (Phi) is 14.0. The smallest absolute Gasteiger partial charge is 0.302 e. The lowest BCUT2D eigenvalue weighted by atomic mass is 10.4. The summed E-state index contributed by atoms with van der Waals surface area (Å²) in [7, 11) is 1.35. The maximum Gasteiger partial charge on any atom is 0.302 e. The van der Waals surface area contributed by atoms with Crippen LogP contribution in [0.4, 0.5) is 0 Å². The van der Waals surface area contributed by atoms with Crippen LogP contribution in [0, 0.1) is 0 Å². The Labute approximate surface area is 97.4 Å². The van der Waals surface area contributed by atoms with Crippen LogP contribution in [0.3, 0.4) is 0 Å². The summed E-state index contributed by atoms with van der Waals surface area (Å²) in [5, 5.41) is 0. The molecule has 0 aromatic heterocycles. The summed E-state index contributed by atoms with van der Waals surface area (Å²) >= 11 is 0. The molecule has 0 saturated carbocycles. The third-order valence-corrected chi connectivity index (χ3v) is 1.45. The SMILES string of the molecule is CCC(C)=O.COC(C)=O.c1ccccc1. The lowest BCUT2D eigenvalue weighted by Gasteiger charge is -1.80. The first kappa shape index (κ1) is 16.8. The van der Waals surface area contributed by atoms with Gasteiger partial charge in [-0.3, -0.25) is 4.79 Å². The van der Waals surface area contributed by atoms with Crippen molar-refractivity contribution in [3.8, 4) is 0 Å². The largest absolute Gasteiger partial charge is 0.469 e. The normalized spacial score (nSPS) is 7.50. The molecule has 16 heavy (non-hydrogen) atoms. The number of hydrogen-bond acceptors (Lipinski definition) is 3. The molecule has 1 aromatic carbocycles. The van der Waals surface area contributed by atoms with Crippen LogP contribution < -0.4 is 0 Å². The molecule has 0 aliphatic rings. The first-order valence-electron chi connectivity index (χ1n) is 5.08. The quantitative estimate of drug-likeness (QED) is 0.689. The average molecular weight is 224 g/mol. The van der Waals surface area contributed by atoms with Gasteiger partial charge in [-0.25, -0.2) is 0 Å². The molecule has 0 amide bonds. The van der Waals surface area contributed by atoms with E-state index in [1.807, 2.05) is 43.3 Å². The molecule has 0 bridgehead atoms. The predicted octanol–water partition coefficient (Wildman–Crippen LogP) is 2.85. The molecule has 1 aromatic rings. The first-order chi connectivity index (χ1) is 7.54. The monoisotopic (exact) mass is 224 g/mol. The van der Waals surface area contributed by atoms with Crippen molar-refractivity contribution in [3.05, 3.63) is 36.4 Å². The molecule has 3 nitrogen and oxygen atoms in total. The summed E-state index contributed by atoms with van der Waals surface area (Å²) in [5.41, 5.74) is 0. The Hall–Kier alpha value is -1.64. The molecule has 0 spiro atoms. The van der Waals surface area contributed by atoms with E-state index in [0.717, 1.165) is 0 Å². The minimum absolute atomic E-state index is 0.245. The number of esters is 1. The van der Waals surface area contributed by atoms with Crippen LogP contribution in [0.25, 0.3) is 0 Å². The van der Waals surface area contributed by atoms with E-state index in [0.29, 0.717) is 6.42 Å². The van der Waals surface area contributed by atoms with Gasteiger partial charge < -0.3 is 9.53 Å². The maximum absolute atomic E-state index is 9.81. The van der Waals surface area contributed by atoms with Gasteiger partial charge in [0.2, 0.25) is 0 Å². The molecule has 90 valence electrons. The molecule has 0 radical (unpaired) electrons. The molecule has 0 aliphatic carbocycles. The lowest BCUT2D eigenvalue weighted by Crippen LogP contribution is -1.88. The van der Waals surface area contributed by atoms with Crippen molar-refractivity contribution in [3.63, 3.8) is 0 Å². The number of Topliss-reactive ketones (excluding diaryl/α,β-unsaturated/α-hetero) is 1. The van der Waals surface area contributed by atoms with Crippen LogP contribution in [0.1, 0.15) is 27.2 Å². The number of carbonyl (C=O) groups is 2. The second-order valence-electron chi connectivity index (χ2n) is 2.91. The van der Waals surface area contributed by atoms with E-state index in [4.69, 9.17) is 0 Å². The van der Waals surface area contributed by atoms with Crippen LogP contribution in [-0.4, -0.2) is 18.9 Å². The summed E-state index contributed by atoms with van der Waals surface area (Å²) in [6, 6.07) is 12.0. The number of ketones is 1. The molecule has 3 heteroatoms.